The molecule has 224 valence electrons. The first kappa shape index (κ1) is 30.3. The quantitative estimate of drug-likeness (QED) is 0.281. The van der Waals surface area contributed by atoms with Crippen LogP contribution in [0.15, 0.2) is 18.2 Å². The predicted octanol–water partition coefficient (Wildman–Crippen LogP) is 4.35. The Morgan fingerprint density at radius 3 is 2.49 bits per heavy atom. The van der Waals surface area contributed by atoms with E-state index in [1.165, 1.54) is 37.7 Å². The number of hydrogen-bond acceptors (Lipinski definition) is 8. The van der Waals surface area contributed by atoms with Gasteiger partial charge in [-0.25, -0.2) is 19.6 Å². The van der Waals surface area contributed by atoms with Gasteiger partial charge in [-0.3, -0.25) is 4.79 Å². The van der Waals surface area contributed by atoms with Gasteiger partial charge in [0.15, 0.2) is 0 Å². The monoisotopic (exact) mass is 570 g/mol. The maximum atomic E-state index is 13.6. The maximum absolute atomic E-state index is 13.6. The molecular weight excluding hydrogens is 528 g/mol. The molecule has 0 spiro atoms. The third-order valence-electron chi connectivity index (χ3n) is 7.81. The molecule has 2 amide bonds. The van der Waals surface area contributed by atoms with Gasteiger partial charge in [-0.2, -0.15) is 0 Å². The SMILES string of the molecule is COC(=O)C1CC(Oc2nc3cc(OC)ccc3nc2CCCCCC2CC2)CN1C(=O)C(NC(=O)O)C(C)(C)C. The Labute approximate surface area is 240 Å². The molecule has 3 atom stereocenters. The molecule has 1 saturated heterocycles. The van der Waals surface area contributed by atoms with Crippen molar-refractivity contribution in [3.05, 3.63) is 23.9 Å². The normalized spacial score (nSPS) is 19.6. The van der Waals surface area contributed by atoms with Crippen LogP contribution in [-0.2, 0) is 20.7 Å². The number of unbranched alkanes of at least 4 members (excludes halogenated alkanes) is 2. The number of fused-ring (bicyclic) bond motifs is 1. The summed E-state index contributed by atoms with van der Waals surface area (Å²) >= 11 is 0. The molecule has 3 unspecified atom stereocenters. The van der Waals surface area contributed by atoms with Crippen LogP contribution in [0.3, 0.4) is 0 Å². The zero-order valence-electron chi connectivity index (χ0n) is 24.6. The molecule has 11 heteroatoms. The van der Waals surface area contributed by atoms with Crippen LogP contribution in [0.1, 0.15) is 71.4 Å². The Morgan fingerprint density at radius 1 is 1.10 bits per heavy atom. The average Bonchev–Trinajstić information content (AvgIpc) is 3.66. The molecule has 0 radical (unpaired) electrons. The molecule has 1 saturated carbocycles. The fourth-order valence-electron chi connectivity index (χ4n) is 5.33. The Kier molecular flexibility index (Phi) is 9.55. The molecule has 1 aliphatic carbocycles. The Hall–Kier alpha value is -3.63. The van der Waals surface area contributed by atoms with E-state index in [1.807, 2.05) is 12.1 Å². The molecule has 2 fully saturated rings. The first-order valence-electron chi connectivity index (χ1n) is 14.4. The van der Waals surface area contributed by atoms with E-state index in [-0.39, 0.29) is 13.0 Å². The first-order valence-corrected chi connectivity index (χ1v) is 14.4. The van der Waals surface area contributed by atoms with E-state index in [0.717, 1.165) is 30.0 Å². The van der Waals surface area contributed by atoms with Crippen LogP contribution >= 0.6 is 0 Å². The zero-order valence-corrected chi connectivity index (χ0v) is 24.6. The van der Waals surface area contributed by atoms with Crippen molar-refractivity contribution >= 4 is 29.0 Å². The minimum atomic E-state index is -1.32. The Bertz CT molecular complexity index is 1260. The molecule has 1 aromatic heterocycles. The van der Waals surface area contributed by atoms with Crippen LogP contribution in [0, 0.1) is 11.3 Å². The van der Waals surface area contributed by atoms with E-state index < -0.39 is 41.6 Å². The van der Waals surface area contributed by atoms with Gasteiger partial charge in [-0.15, -0.1) is 0 Å². The summed E-state index contributed by atoms with van der Waals surface area (Å²) in [7, 11) is 2.85. The number of esters is 1. The highest BCUT2D eigenvalue weighted by atomic mass is 16.5. The van der Waals surface area contributed by atoms with E-state index in [4.69, 9.17) is 24.2 Å². The summed E-state index contributed by atoms with van der Waals surface area (Å²) < 4.78 is 16.7. The van der Waals surface area contributed by atoms with Gasteiger partial charge in [0.25, 0.3) is 0 Å². The minimum Gasteiger partial charge on any atom is -0.497 e. The summed E-state index contributed by atoms with van der Waals surface area (Å²) in [5.41, 5.74) is 1.35. The first-order chi connectivity index (χ1) is 19.5. The number of aryl methyl sites for hydroxylation is 1. The van der Waals surface area contributed by atoms with Crippen molar-refractivity contribution < 1.29 is 33.7 Å². The number of hydrogen-bond donors (Lipinski definition) is 2. The number of amides is 2. The topological polar surface area (TPSA) is 140 Å². The minimum absolute atomic E-state index is 0.0745. The highest BCUT2D eigenvalue weighted by molar-refractivity contribution is 5.90. The maximum Gasteiger partial charge on any atom is 0.405 e. The van der Waals surface area contributed by atoms with Crippen LogP contribution in [0.5, 0.6) is 11.6 Å². The van der Waals surface area contributed by atoms with Crippen molar-refractivity contribution in [1.82, 2.24) is 20.2 Å². The molecule has 11 nitrogen and oxygen atoms in total. The standard InChI is InChI=1S/C30H42N4O7/c1-30(2,3)25(33-29(37)38)27(35)34-17-20(16-24(34)28(36)40-5)41-26-22(10-8-6-7-9-18-11-12-18)31-21-14-13-19(39-4)15-23(21)32-26/h13-15,18,20,24-25,33H,6-12,16-17H2,1-5H3,(H,37,38). The summed E-state index contributed by atoms with van der Waals surface area (Å²) in [6.07, 6.45) is 6.22. The van der Waals surface area contributed by atoms with Gasteiger partial charge in [0.1, 0.15) is 29.6 Å². The van der Waals surface area contributed by atoms with Gasteiger partial charge in [0.05, 0.1) is 31.8 Å². The van der Waals surface area contributed by atoms with Crippen LogP contribution in [0.2, 0.25) is 0 Å². The summed E-state index contributed by atoms with van der Waals surface area (Å²) in [5.74, 6) is 0.827. The third-order valence-corrected chi connectivity index (χ3v) is 7.81. The van der Waals surface area contributed by atoms with Crippen LogP contribution in [-0.4, -0.2) is 76.9 Å². The second kappa shape index (κ2) is 12.9. The molecule has 1 aliphatic heterocycles. The van der Waals surface area contributed by atoms with E-state index >= 15 is 0 Å². The van der Waals surface area contributed by atoms with Gasteiger partial charge in [0.2, 0.25) is 11.8 Å². The van der Waals surface area contributed by atoms with Crippen molar-refractivity contribution in [2.75, 3.05) is 20.8 Å². The van der Waals surface area contributed by atoms with Gasteiger partial charge in [-0.05, 0) is 36.3 Å². The average molecular weight is 571 g/mol. The molecule has 2 aliphatic rings. The van der Waals surface area contributed by atoms with Crippen molar-refractivity contribution in [2.45, 2.75) is 90.3 Å². The van der Waals surface area contributed by atoms with Gasteiger partial charge in [0, 0.05) is 12.5 Å². The number of likely N-dealkylation sites (tertiary alicyclic amines) is 1. The van der Waals surface area contributed by atoms with Crippen molar-refractivity contribution in [3.63, 3.8) is 0 Å². The molecule has 4 rings (SSSR count). The lowest BCUT2D eigenvalue weighted by Crippen LogP contribution is -2.56. The number of benzene rings is 1. The van der Waals surface area contributed by atoms with Crippen LogP contribution < -0.4 is 14.8 Å². The van der Waals surface area contributed by atoms with Gasteiger partial charge >= 0.3 is 12.1 Å². The Balaban J connectivity index is 1.57. The summed E-state index contributed by atoms with van der Waals surface area (Å²) in [6.45, 7) is 5.36. The molecule has 2 heterocycles. The molecule has 41 heavy (non-hydrogen) atoms. The van der Waals surface area contributed by atoms with Gasteiger partial charge < -0.3 is 29.5 Å². The van der Waals surface area contributed by atoms with E-state index in [1.54, 1.807) is 33.9 Å². The number of aromatic nitrogens is 2. The molecule has 2 N–H and O–H groups in total. The second-order valence-corrected chi connectivity index (χ2v) is 12.1. The van der Waals surface area contributed by atoms with Crippen LogP contribution in [0.25, 0.3) is 11.0 Å². The van der Waals surface area contributed by atoms with E-state index in [2.05, 4.69) is 5.32 Å². The van der Waals surface area contributed by atoms with Gasteiger partial charge in [-0.1, -0.05) is 52.9 Å². The number of nitrogens with one attached hydrogen (secondary N) is 1. The fraction of sp³-hybridized carbons (Fsp3) is 0.633. The number of methoxy groups -OCH3 is 2. The molecular formula is C30H42N4O7. The van der Waals surface area contributed by atoms with Crippen molar-refractivity contribution in [1.29, 1.82) is 0 Å². The summed E-state index contributed by atoms with van der Waals surface area (Å²) in [6, 6.07) is 3.52. The lowest BCUT2D eigenvalue weighted by atomic mass is 9.85. The number of rotatable bonds is 12. The highest BCUT2D eigenvalue weighted by Crippen LogP contribution is 2.34. The van der Waals surface area contributed by atoms with E-state index in [0.29, 0.717) is 23.6 Å². The van der Waals surface area contributed by atoms with Crippen LogP contribution in [0.4, 0.5) is 4.79 Å². The second-order valence-electron chi connectivity index (χ2n) is 12.1. The number of ether oxygens (including phenoxy) is 3. The van der Waals surface area contributed by atoms with Crippen molar-refractivity contribution in [3.8, 4) is 11.6 Å². The number of nitrogens with zero attached hydrogens (tertiary/aromatic N) is 3. The van der Waals surface area contributed by atoms with E-state index in [9.17, 15) is 19.5 Å². The highest BCUT2D eigenvalue weighted by Gasteiger charge is 2.46. The lowest BCUT2D eigenvalue weighted by Gasteiger charge is -2.34. The smallest absolute Gasteiger partial charge is 0.405 e. The zero-order chi connectivity index (χ0) is 29.7. The third kappa shape index (κ3) is 7.77. The number of carbonyl (C=O) groups is 3. The van der Waals surface area contributed by atoms with Crippen molar-refractivity contribution in [2.24, 2.45) is 11.3 Å². The number of carboxylic acid groups (broad SMARTS) is 1. The molecule has 0 bridgehead atoms. The largest absolute Gasteiger partial charge is 0.497 e. The Morgan fingerprint density at radius 2 is 1.85 bits per heavy atom. The summed E-state index contributed by atoms with van der Waals surface area (Å²) in [4.78, 5) is 48.8. The molecule has 2 aromatic rings. The number of carbonyl (C=O) groups excluding carboxylic acids is 2. The predicted molar refractivity (Wildman–Crippen MR) is 152 cm³/mol. The lowest BCUT2D eigenvalue weighted by molar-refractivity contribution is -0.152. The fourth-order valence-corrected chi connectivity index (χ4v) is 5.33. The molecule has 1 aromatic carbocycles. The summed E-state index contributed by atoms with van der Waals surface area (Å²) in [5, 5.41) is 11.7.